The van der Waals surface area contributed by atoms with Gasteiger partial charge >= 0.3 is 0 Å². The standard InChI is InChI=1S/C16H33N3O3/c1-10(2)15(21)13(8-6-7-9-17)19-16(22)14(12(5)20)18-11(3)4/h10-14,18,20H,6-9,17H2,1-5H3,(H,19,22)/t12?,13-,14-/m0/s1. The van der Waals surface area contributed by atoms with Crippen molar-refractivity contribution in [2.45, 2.75) is 78.1 Å². The van der Waals surface area contributed by atoms with Crippen LogP contribution in [0.1, 0.15) is 53.9 Å². The fourth-order valence-electron chi connectivity index (χ4n) is 2.24. The average molecular weight is 315 g/mol. The van der Waals surface area contributed by atoms with Crippen molar-refractivity contribution < 1.29 is 14.7 Å². The van der Waals surface area contributed by atoms with Crippen LogP contribution in [0.5, 0.6) is 0 Å². The van der Waals surface area contributed by atoms with Crippen LogP contribution in [0.4, 0.5) is 0 Å². The molecule has 6 heteroatoms. The Kier molecular flexibility index (Phi) is 10.2. The van der Waals surface area contributed by atoms with Crippen LogP contribution < -0.4 is 16.4 Å². The lowest BCUT2D eigenvalue weighted by atomic mass is 9.96. The van der Waals surface area contributed by atoms with Gasteiger partial charge in [-0.2, -0.15) is 0 Å². The fraction of sp³-hybridized carbons (Fsp3) is 0.875. The molecule has 0 aromatic carbocycles. The van der Waals surface area contributed by atoms with Gasteiger partial charge in [-0.25, -0.2) is 0 Å². The maximum atomic E-state index is 12.4. The number of rotatable bonds is 11. The molecule has 0 aromatic heterocycles. The number of amides is 1. The summed E-state index contributed by atoms with van der Waals surface area (Å²) in [7, 11) is 0. The van der Waals surface area contributed by atoms with Gasteiger partial charge in [0.15, 0.2) is 5.78 Å². The molecule has 6 nitrogen and oxygen atoms in total. The van der Waals surface area contributed by atoms with Crippen molar-refractivity contribution >= 4 is 11.7 Å². The first-order valence-electron chi connectivity index (χ1n) is 8.19. The summed E-state index contributed by atoms with van der Waals surface area (Å²) in [4.78, 5) is 24.6. The zero-order valence-electron chi connectivity index (χ0n) is 14.6. The number of ketones is 1. The van der Waals surface area contributed by atoms with E-state index in [1.807, 2.05) is 27.7 Å². The van der Waals surface area contributed by atoms with E-state index in [9.17, 15) is 14.7 Å². The molecule has 1 unspecified atom stereocenters. The third-order valence-corrected chi connectivity index (χ3v) is 3.45. The molecule has 0 saturated carbocycles. The number of aliphatic hydroxyl groups is 1. The lowest BCUT2D eigenvalue weighted by molar-refractivity contribution is -0.132. The van der Waals surface area contributed by atoms with E-state index in [-0.39, 0.29) is 23.7 Å². The molecule has 130 valence electrons. The Morgan fingerprint density at radius 3 is 2.09 bits per heavy atom. The molecule has 0 aliphatic rings. The number of aliphatic hydroxyl groups excluding tert-OH is 1. The molecule has 0 fully saturated rings. The number of Topliss-reactive ketones (excluding diaryl/α,β-unsaturated/α-hetero) is 1. The maximum absolute atomic E-state index is 12.4. The first kappa shape index (κ1) is 21.0. The first-order valence-corrected chi connectivity index (χ1v) is 8.19. The number of nitrogens with two attached hydrogens (primary N) is 1. The van der Waals surface area contributed by atoms with E-state index < -0.39 is 18.2 Å². The van der Waals surface area contributed by atoms with Crippen LogP contribution in [0.25, 0.3) is 0 Å². The smallest absolute Gasteiger partial charge is 0.240 e. The van der Waals surface area contributed by atoms with Crippen LogP contribution in [0.15, 0.2) is 0 Å². The maximum Gasteiger partial charge on any atom is 0.240 e. The summed E-state index contributed by atoms with van der Waals surface area (Å²) in [6.07, 6.45) is 1.36. The van der Waals surface area contributed by atoms with Crippen molar-refractivity contribution in [3.63, 3.8) is 0 Å². The minimum atomic E-state index is -0.832. The molecule has 0 heterocycles. The zero-order chi connectivity index (χ0) is 17.3. The predicted molar refractivity (Wildman–Crippen MR) is 88.4 cm³/mol. The molecule has 22 heavy (non-hydrogen) atoms. The highest BCUT2D eigenvalue weighted by molar-refractivity contribution is 5.92. The quantitative estimate of drug-likeness (QED) is 0.417. The predicted octanol–water partition coefficient (Wildman–Crippen LogP) is 0.573. The van der Waals surface area contributed by atoms with E-state index in [0.717, 1.165) is 12.8 Å². The molecule has 0 aliphatic heterocycles. The second-order valence-electron chi connectivity index (χ2n) is 6.44. The summed E-state index contributed by atoms with van der Waals surface area (Å²) >= 11 is 0. The number of hydrogen-bond acceptors (Lipinski definition) is 5. The van der Waals surface area contributed by atoms with E-state index in [1.165, 1.54) is 0 Å². The molecule has 1 amide bonds. The van der Waals surface area contributed by atoms with Gasteiger partial charge in [-0.1, -0.05) is 27.7 Å². The number of carbonyl (C=O) groups is 2. The number of carbonyl (C=O) groups excluding carboxylic acids is 2. The van der Waals surface area contributed by atoms with Gasteiger partial charge < -0.3 is 21.5 Å². The van der Waals surface area contributed by atoms with Crippen molar-refractivity contribution in [1.29, 1.82) is 0 Å². The van der Waals surface area contributed by atoms with E-state index >= 15 is 0 Å². The van der Waals surface area contributed by atoms with Gasteiger partial charge in [0, 0.05) is 12.0 Å². The fourth-order valence-corrected chi connectivity index (χ4v) is 2.24. The van der Waals surface area contributed by atoms with Crippen LogP contribution >= 0.6 is 0 Å². The molecule has 3 atom stereocenters. The monoisotopic (exact) mass is 315 g/mol. The summed E-state index contributed by atoms with van der Waals surface area (Å²) in [6, 6.07) is -1.19. The number of unbranched alkanes of at least 4 members (excludes halogenated alkanes) is 1. The Balaban J connectivity index is 4.86. The van der Waals surface area contributed by atoms with Crippen LogP contribution in [0.3, 0.4) is 0 Å². The summed E-state index contributed by atoms with van der Waals surface area (Å²) in [5.41, 5.74) is 5.48. The normalized spacial score (nSPS) is 15.7. The van der Waals surface area contributed by atoms with Crippen molar-refractivity contribution in [2.75, 3.05) is 6.54 Å². The van der Waals surface area contributed by atoms with Crippen LogP contribution in [0.2, 0.25) is 0 Å². The van der Waals surface area contributed by atoms with Crippen molar-refractivity contribution in [3.05, 3.63) is 0 Å². The number of nitrogens with one attached hydrogen (secondary N) is 2. The molecular formula is C16H33N3O3. The molecule has 0 radical (unpaired) electrons. The van der Waals surface area contributed by atoms with Gasteiger partial charge in [-0.3, -0.25) is 9.59 Å². The molecule has 0 aromatic rings. The molecule has 0 aliphatic carbocycles. The molecule has 0 spiro atoms. The van der Waals surface area contributed by atoms with Crippen molar-refractivity contribution in [2.24, 2.45) is 11.7 Å². The van der Waals surface area contributed by atoms with Crippen molar-refractivity contribution in [1.82, 2.24) is 10.6 Å². The van der Waals surface area contributed by atoms with Gasteiger partial charge in [0.1, 0.15) is 6.04 Å². The van der Waals surface area contributed by atoms with Crippen LogP contribution in [-0.4, -0.2) is 47.6 Å². The van der Waals surface area contributed by atoms with Crippen LogP contribution in [0, 0.1) is 5.92 Å². The minimum Gasteiger partial charge on any atom is -0.391 e. The largest absolute Gasteiger partial charge is 0.391 e. The summed E-state index contributed by atoms with van der Waals surface area (Å²) < 4.78 is 0. The van der Waals surface area contributed by atoms with Gasteiger partial charge in [-0.15, -0.1) is 0 Å². The van der Waals surface area contributed by atoms with Gasteiger partial charge in [0.2, 0.25) is 5.91 Å². The minimum absolute atomic E-state index is 0.0132. The first-order chi connectivity index (χ1) is 10.2. The Morgan fingerprint density at radius 2 is 1.68 bits per heavy atom. The van der Waals surface area contributed by atoms with E-state index in [0.29, 0.717) is 13.0 Å². The Hall–Kier alpha value is -0.980. The topological polar surface area (TPSA) is 104 Å². The lowest BCUT2D eigenvalue weighted by Crippen LogP contribution is -2.56. The highest BCUT2D eigenvalue weighted by atomic mass is 16.3. The van der Waals surface area contributed by atoms with Gasteiger partial charge in [0.25, 0.3) is 0 Å². The lowest BCUT2D eigenvalue weighted by Gasteiger charge is -2.26. The summed E-state index contributed by atoms with van der Waals surface area (Å²) in [5, 5.41) is 15.6. The highest BCUT2D eigenvalue weighted by Crippen LogP contribution is 2.09. The molecule has 0 rings (SSSR count). The Morgan fingerprint density at radius 1 is 1.09 bits per heavy atom. The van der Waals surface area contributed by atoms with E-state index in [1.54, 1.807) is 6.92 Å². The highest BCUT2D eigenvalue weighted by Gasteiger charge is 2.29. The third-order valence-electron chi connectivity index (χ3n) is 3.45. The summed E-state index contributed by atoms with van der Waals surface area (Å²) in [6.45, 7) is 9.59. The van der Waals surface area contributed by atoms with Gasteiger partial charge in [-0.05, 0) is 32.7 Å². The molecular weight excluding hydrogens is 282 g/mol. The average Bonchev–Trinajstić information content (AvgIpc) is 2.42. The number of hydrogen-bond donors (Lipinski definition) is 4. The Bertz CT molecular complexity index is 344. The SMILES string of the molecule is CC(C)N[C@H](C(=O)N[C@@H](CCCCN)C(=O)C(C)C)C(C)O. The molecule has 5 N–H and O–H groups in total. The summed E-state index contributed by atoms with van der Waals surface area (Å²) in [5.74, 6) is -0.471. The second kappa shape index (κ2) is 10.7. The Labute approximate surface area is 134 Å². The van der Waals surface area contributed by atoms with Gasteiger partial charge in [0.05, 0.1) is 12.1 Å². The molecule has 0 saturated heterocycles. The molecule has 0 bridgehead atoms. The third kappa shape index (κ3) is 7.87. The van der Waals surface area contributed by atoms with Crippen molar-refractivity contribution in [3.8, 4) is 0 Å². The zero-order valence-corrected chi connectivity index (χ0v) is 14.6. The van der Waals surface area contributed by atoms with Crippen LogP contribution in [-0.2, 0) is 9.59 Å². The van der Waals surface area contributed by atoms with E-state index in [2.05, 4.69) is 10.6 Å². The second-order valence-corrected chi connectivity index (χ2v) is 6.44. The van der Waals surface area contributed by atoms with E-state index in [4.69, 9.17) is 5.73 Å².